The minimum absolute atomic E-state index is 0.0676. The Balaban J connectivity index is 1.49. The maximum absolute atomic E-state index is 14.5. The Morgan fingerprint density at radius 2 is 1.44 bits per heavy atom. The first-order valence-electron chi connectivity index (χ1n) is 16.7. The standard InChI is InChI=1S/C39H45N3O5S/c1-4-37(39(44)40-32-15-7-5-8-16-32)41(27-31-14-12-11-13-30(31)3)38(43)28-42(48(45,46)36-25-19-29(2)20-26-36)33-21-23-35(24-22-33)47-34-17-9-6-10-18-34/h6,9-14,17-26,32,37H,4-5,7-8,15-16,27-28H2,1-3H3,(H,40,44). The number of para-hydroxylation sites is 1. The lowest BCUT2D eigenvalue weighted by atomic mass is 9.95. The van der Waals surface area contributed by atoms with Gasteiger partial charge in [0.05, 0.1) is 10.6 Å². The molecule has 0 bridgehead atoms. The first-order valence-corrected chi connectivity index (χ1v) is 18.2. The molecule has 0 saturated heterocycles. The Labute approximate surface area is 284 Å². The van der Waals surface area contributed by atoms with Gasteiger partial charge in [-0.3, -0.25) is 13.9 Å². The number of ether oxygens (including phenoxy) is 1. The van der Waals surface area contributed by atoms with E-state index in [4.69, 9.17) is 4.74 Å². The van der Waals surface area contributed by atoms with Crippen molar-refractivity contribution in [3.63, 3.8) is 0 Å². The van der Waals surface area contributed by atoms with Gasteiger partial charge < -0.3 is 15.0 Å². The summed E-state index contributed by atoms with van der Waals surface area (Å²) >= 11 is 0. The van der Waals surface area contributed by atoms with Crippen LogP contribution in [0.5, 0.6) is 11.5 Å². The molecule has 1 aliphatic carbocycles. The molecule has 0 heterocycles. The van der Waals surface area contributed by atoms with Gasteiger partial charge in [-0.1, -0.05) is 86.3 Å². The summed E-state index contributed by atoms with van der Waals surface area (Å²) in [5.41, 5.74) is 3.10. The van der Waals surface area contributed by atoms with E-state index in [1.54, 1.807) is 53.4 Å². The Hall–Kier alpha value is -4.63. The van der Waals surface area contributed by atoms with Crippen LogP contribution in [0.4, 0.5) is 5.69 Å². The van der Waals surface area contributed by atoms with E-state index in [2.05, 4.69) is 5.32 Å². The summed E-state index contributed by atoms with van der Waals surface area (Å²) in [6, 6.07) is 29.5. The Bertz CT molecular complexity index is 1770. The smallest absolute Gasteiger partial charge is 0.264 e. The third kappa shape index (κ3) is 8.63. The van der Waals surface area contributed by atoms with Gasteiger partial charge in [0.1, 0.15) is 24.1 Å². The topological polar surface area (TPSA) is 96.0 Å². The number of hydrogen-bond acceptors (Lipinski definition) is 5. The van der Waals surface area contributed by atoms with Crippen molar-refractivity contribution in [2.75, 3.05) is 10.8 Å². The van der Waals surface area contributed by atoms with Crippen LogP contribution in [0, 0.1) is 13.8 Å². The molecule has 9 heteroatoms. The Morgan fingerprint density at radius 1 is 0.812 bits per heavy atom. The van der Waals surface area contributed by atoms with Crippen LogP contribution in [0.3, 0.4) is 0 Å². The van der Waals surface area contributed by atoms with Crippen LogP contribution in [0.25, 0.3) is 0 Å². The van der Waals surface area contributed by atoms with Crippen molar-refractivity contribution in [3.05, 3.63) is 120 Å². The molecule has 1 aliphatic rings. The zero-order chi connectivity index (χ0) is 34.1. The number of carbonyl (C=O) groups is 2. The number of nitrogens with one attached hydrogen (secondary N) is 1. The van der Waals surface area contributed by atoms with Gasteiger partial charge in [-0.05, 0) is 92.8 Å². The number of rotatable bonds is 13. The maximum Gasteiger partial charge on any atom is 0.264 e. The van der Waals surface area contributed by atoms with E-state index in [-0.39, 0.29) is 23.4 Å². The first kappa shape index (κ1) is 34.7. The number of aryl methyl sites for hydroxylation is 2. The third-order valence-corrected chi connectivity index (χ3v) is 10.7. The first-order chi connectivity index (χ1) is 23.2. The van der Waals surface area contributed by atoms with Gasteiger partial charge in [0.2, 0.25) is 11.8 Å². The van der Waals surface area contributed by atoms with Crippen LogP contribution in [0.1, 0.15) is 62.1 Å². The molecule has 8 nitrogen and oxygen atoms in total. The van der Waals surface area contributed by atoms with Gasteiger partial charge in [0, 0.05) is 12.6 Å². The Morgan fingerprint density at radius 3 is 2.08 bits per heavy atom. The minimum Gasteiger partial charge on any atom is -0.457 e. The molecule has 0 aromatic heterocycles. The summed E-state index contributed by atoms with van der Waals surface area (Å²) < 4.78 is 35.6. The van der Waals surface area contributed by atoms with E-state index in [0.29, 0.717) is 23.6 Å². The summed E-state index contributed by atoms with van der Waals surface area (Å²) in [5, 5.41) is 3.20. The molecule has 1 unspecified atom stereocenters. The summed E-state index contributed by atoms with van der Waals surface area (Å²) in [7, 11) is -4.18. The number of anilines is 1. The lowest BCUT2D eigenvalue weighted by Gasteiger charge is -2.34. The van der Waals surface area contributed by atoms with E-state index < -0.39 is 28.5 Å². The molecular formula is C39H45N3O5S. The van der Waals surface area contributed by atoms with Crippen LogP contribution >= 0.6 is 0 Å². The summed E-state index contributed by atoms with van der Waals surface area (Å²) in [6.45, 7) is 5.41. The van der Waals surface area contributed by atoms with Crippen molar-refractivity contribution >= 4 is 27.5 Å². The molecule has 252 valence electrons. The summed E-state index contributed by atoms with van der Waals surface area (Å²) in [4.78, 5) is 29.9. The van der Waals surface area contributed by atoms with E-state index in [9.17, 15) is 18.0 Å². The van der Waals surface area contributed by atoms with E-state index in [0.717, 1.165) is 53.1 Å². The minimum atomic E-state index is -4.18. The molecule has 1 atom stereocenters. The highest BCUT2D eigenvalue weighted by atomic mass is 32.2. The predicted molar refractivity (Wildman–Crippen MR) is 189 cm³/mol. The van der Waals surface area contributed by atoms with Gasteiger partial charge in [0.25, 0.3) is 10.0 Å². The monoisotopic (exact) mass is 667 g/mol. The second-order valence-electron chi connectivity index (χ2n) is 12.4. The highest BCUT2D eigenvalue weighted by molar-refractivity contribution is 7.92. The predicted octanol–water partition coefficient (Wildman–Crippen LogP) is 7.55. The van der Waals surface area contributed by atoms with Crippen LogP contribution in [0.2, 0.25) is 0 Å². The molecule has 4 aromatic rings. The fraction of sp³-hybridized carbons (Fsp3) is 0.333. The maximum atomic E-state index is 14.5. The number of nitrogens with zero attached hydrogens (tertiary/aromatic N) is 2. The lowest BCUT2D eigenvalue weighted by molar-refractivity contribution is -0.140. The largest absolute Gasteiger partial charge is 0.457 e. The number of carbonyl (C=O) groups excluding carboxylic acids is 2. The zero-order valence-corrected chi connectivity index (χ0v) is 28.8. The van der Waals surface area contributed by atoms with Crippen LogP contribution in [0.15, 0.2) is 108 Å². The van der Waals surface area contributed by atoms with Crippen LogP contribution in [-0.2, 0) is 26.2 Å². The average Bonchev–Trinajstić information content (AvgIpc) is 3.09. The molecule has 0 aliphatic heterocycles. The van der Waals surface area contributed by atoms with Crippen molar-refractivity contribution in [1.29, 1.82) is 0 Å². The highest BCUT2D eigenvalue weighted by Gasteiger charge is 2.34. The molecule has 1 fully saturated rings. The average molecular weight is 668 g/mol. The molecule has 1 N–H and O–H groups in total. The fourth-order valence-corrected chi connectivity index (χ4v) is 7.52. The van der Waals surface area contributed by atoms with Crippen molar-refractivity contribution in [3.8, 4) is 11.5 Å². The fourth-order valence-electron chi connectivity index (χ4n) is 6.11. The lowest BCUT2D eigenvalue weighted by Crippen LogP contribution is -2.54. The quantitative estimate of drug-likeness (QED) is 0.159. The van der Waals surface area contributed by atoms with Crippen molar-refractivity contribution in [2.24, 2.45) is 0 Å². The van der Waals surface area contributed by atoms with Crippen molar-refractivity contribution < 1.29 is 22.7 Å². The van der Waals surface area contributed by atoms with Gasteiger partial charge in [0.15, 0.2) is 0 Å². The molecule has 0 spiro atoms. The molecule has 48 heavy (non-hydrogen) atoms. The second kappa shape index (κ2) is 16.0. The van der Waals surface area contributed by atoms with Crippen molar-refractivity contribution in [1.82, 2.24) is 10.2 Å². The molecule has 2 amide bonds. The molecule has 5 rings (SSSR count). The van der Waals surface area contributed by atoms with Crippen LogP contribution < -0.4 is 14.4 Å². The van der Waals surface area contributed by atoms with Gasteiger partial charge in [-0.25, -0.2) is 8.42 Å². The number of hydrogen-bond donors (Lipinski definition) is 1. The van der Waals surface area contributed by atoms with Gasteiger partial charge in [-0.15, -0.1) is 0 Å². The van der Waals surface area contributed by atoms with Gasteiger partial charge in [-0.2, -0.15) is 0 Å². The summed E-state index contributed by atoms with van der Waals surface area (Å²) in [6.07, 6.45) is 5.50. The number of benzene rings is 4. The van der Waals surface area contributed by atoms with E-state index in [1.807, 2.05) is 75.4 Å². The number of sulfonamides is 1. The van der Waals surface area contributed by atoms with Gasteiger partial charge >= 0.3 is 0 Å². The van der Waals surface area contributed by atoms with Crippen molar-refractivity contribution in [2.45, 2.75) is 82.8 Å². The zero-order valence-electron chi connectivity index (χ0n) is 28.0. The normalized spacial score (nSPS) is 14.1. The number of amides is 2. The highest BCUT2D eigenvalue weighted by Crippen LogP contribution is 2.29. The second-order valence-corrected chi connectivity index (χ2v) is 14.3. The Kier molecular flexibility index (Phi) is 11.5. The summed E-state index contributed by atoms with van der Waals surface area (Å²) in [5.74, 6) is 0.495. The van der Waals surface area contributed by atoms with E-state index >= 15 is 0 Å². The molecule has 1 saturated carbocycles. The molecule has 0 radical (unpaired) electrons. The van der Waals surface area contributed by atoms with E-state index in [1.165, 1.54) is 0 Å². The SMILES string of the molecule is CCC(C(=O)NC1CCCCC1)N(Cc1ccccc1C)C(=O)CN(c1ccc(Oc2ccccc2)cc1)S(=O)(=O)c1ccc(C)cc1. The molecular weight excluding hydrogens is 623 g/mol. The third-order valence-electron chi connectivity index (χ3n) is 8.93. The molecule has 4 aromatic carbocycles. The van der Waals surface area contributed by atoms with Crippen LogP contribution in [-0.4, -0.2) is 43.8 Å².